The van der Waals surface area contributed by atoms with Crippen LogP contribution in [0.2, 0.25) is 0 Å². The van der Waals surface area contributed by atoms with Crippen LogP contribution in [0.3, 0.4) is 0 Å². The SMILES string of the molecule is CCC(CC)C(CNC(=O)[C@@H]1CC[C@H](CN)O1)N1CCCC1. The van der Waals surface area contributed by atoms with E-state index in [9.17, 15) is 4.79 Å². The van der Waals surface area contributed by atoms with Gasteiger partial charge in [0.05, 0.1) is 6.10 Å². The van der Waals surface area contributed by atoms with Crippen molar-refractivity contribution in [3.8, 4) is 0 Å². The smallest absolute Gasteiger partial charge is 0.249 e. The second-order valence-corrected chi connectivity index (χ2v) is 6.69. The Labute approximate surface area is 134 Å². The molecule has 0 aromatic carbocycles. The van der Waals surface area contributed by atoms with E-state index in [-0.39, 0.29) is 18.1 Å². The molecule has 5 nitrogen and oxygen atoms in total. The predicted octanol–water partition coefficient (Wildman–Crippen LogP) is 1.51. The molecule has 2 fully saturated rings. The van der Waals surface area contributed by atoms with Crippen molar-refractivity contribution in [3.05, 3.63) is 0 Å². The predicted molar refractivity (Wildman–Crippen MR) is 88.6 cm³/mol. The second kappa shape index (κ2) is 8.85. The summed E-state index contributed by atoms with van der Waals surface area (Å²) in [5.41, 5.74) is 5.61. The molecule has 0 spiro atoms. The Morgan fingerprint density at radius 3 is 2.50 bits per heavy atom. The topological polar surface area (TPSA) is 67.6 Å². The first-order chi connectivity index (χ1) is 10.7. The van der Waals surface area contributed by atoms with Gasteiger partial charge >= 0.3 is 0 Å². The van der Waals surface area contributed by atoms with Crippen molar-refractivity contribution in [2.24, 2.45) is 11.7 Å². The highest BCUT2D eigenvalue weighted by molar-refractivity contribution is 5.81. The number of carbonyl (C=O) groups is 1. The van der Waals surface area contributed by atoms with Crippen molar-refractivity contribution in [1.82, 2.24) is 10.2 Å². The van der Waals surface area contributed by atoms with Crippen LogP contribution in [-0.2, 0) is 9.53 Å². The normalized spacial score (nSPS) is 27.5. The first-order valence-corrected chi connectivity index (χ1v) is 9.06. The highest BCUT2D eigenvalue weighted by Crippen LogP contribution is 2.23. The lowest BCUT2D eigenvalue weighted by Crippen LogP contribution is -2.48. The molecule has 1 amide bonds. The van der Waals surface area contributed by atoms with Crippen molar-refractivity contribution >= 4 is 5.91 Å². The minimum atomic E-state index is -0.297. The molecular formula is C17H33N3O2. The molecule has 2 aliphatic rings. The first kappa shape index (κ1) is 17.7. The van der Waals surface area contributed by atoms with Gasteiger partial charge in [0.1, 0.15) is 6.10 Å². The van der Waals surface area contributed by atoms with E-state index in [4.69, 9.17) is 10.5 Å². The Morgan fingerprint density at radius 1 is 1.27 bits per heavy atom. The molecule has 0 saturated carbocycles. The van der Waals surface area contributed by atoms with Crippen molar-refractivity contribution < 1.29 is 9.53 Å². The van der Waals surface area contributed by atoms with Gasteiger partial charge in [0.25, 0.3) is 0 Å². The average molecular weight is 311 g/mol. The Kier molecular flexibility index (Phi) is 7.12. The summed E-state index contributed by atoms with van der Waals surface area (Å²) in [5.74, 6) is 0.700. The molecule has 3 atom stereocenters. The van der Waals surface area contributed by atoms with Crippen LogP contribution in [0.4, 0.5) is 0 Å². The van der Waals surface area contributed by atoms with Gasteiger partial charge in [-0.25, -0.2) is 0 Å². The number of amides is 1. The molecule has 22 heavy (non-hydrogen) atoms. The lowest BCUT2D eigenvalue weighted by atomic mass is 9.93. The van der Waals surface area contributed by atoms with Gasteiger partial charge in [-0.3, -0.25) is 9.69 Å². The van der Waals surface area contributed by atoms with E-state index in [1.54, 1.807) is 0 Å². The third-order valence-electron chi connectivity index (χ3n) is 5.35. The fourth-order valence-electron chi connectivity index (χ4n) is 3.89. The molecule has 5 heteroatoms. The molecule has 0 aromatic rings. The molecule has 2 heterocycles. The summed E-state index contributed by atoms with van der Waals surface area (Å²) in [7, 11) is 0. The Morgan fingerprint density at radius 2 is 1.95 bits per heavy atom. The molecule has 1 unspecified atom stereocenters. The Bertz CT molecular complexity index is 339. The zero-order valence-corrected chi connectivity index (χ0v) is 14.2. The van der Waals surface area contributed by atoms with Gasteiger partial charge in [0, 0.05) is 19.1 Å². The van der Waals surface area contributed by atoms with Crippen molar-refractivity contribution in [2.75, 3.05) is 26.2 Å². The van der Waals surface area contributed by atoms with Crippen molar-refractivity contribution in [3.63, 3.8) is 0 Å². The van der Waals surface area contributed by atoms with Crippen LogP contribution in [0, 0.1) is 5.92 Å². The van der Waals surface area contributed by atoms with Gasteiger partial charge < -0.3 is 15.8 Å². The van der Waals surface area contributed by atoms with Crippen LogP contribution in [0.15, 0.2) is 0 Å². The van der Waals surface area contributed by atoms with E-state index in [1.807, 2.05) is 0 Å². The molecule has 0 aliphatic carbocycles. The molecule has 2 aliphatic heterocycles. The molecule has 0 radical (unpaired) electrons. The van der Waals surface area contributed by atoms with Gasteiger partial charge in [0.2, 0.25) is 5.91 Å². The molecule has 0 aromatic heterocycles. The fourth-order valence-corrected chi connectivity index (χ4v) is 3.89. The Hall–Kier alpha value is -0.650. The molecule has 128 valence electrons. The zero-order chi connectivity index (χ0) is 15.9. The first-order valence-electron chi connectivity index (χ1n) is 9.06. The van der Waals surface area contributed by atoms with E-state index >= 15 is 0 Å². The second-order valence-electron chi connectivity index (χ2n) is 6.69. The number of nitrogens with two attached hydrogens (primary N) is 1. The number of nitrogens with zero attached hydrogens (tertiary/aromatic N) is 1. The summed E-state index contributed by atoms with van der Waals surface area (Å²) < 4.78 is 5.69. The largest absolute Gasteiger partial charge is 0.364 e. The van der Waals surface area contributed by atoms with E-state index in [0.717, 1.165) is 19.4 Å². The van der Waals surface area contributed by atoms with Gasteiger partial charge in [0.15, 0.2) is 0 Å². The van der Waals surface area contributed by atoms with Crippen LogP contribution in [-0.4, -0.2) is 55.2 Å². The molecule has 2 rings (SSSR count). The summed E-state index contributed by atoms with van der Waals surface area (Å²) in [5, 5.41) is 3.15. The summed E-state index contributed by atoms with van der Waals surface area (Å²) in [6, 6.07) is 0.466. The molecule has 2 saturated heterocycles. The standard InChI is InChI=1S/C17H33N3O2/c1-3-13(4-2)15(20-9-5-6-10-20)12-19-17(21)16-8-7-14(11-18)22-16/h13-16H,3-12,18H2,1-2H3,(H,19,21)/t14-,15?,16+/m1/s1. The van der Waals surface area contributed by atoms with Gasteiger partial charge in [-0.15, -0.1) is 0 Å². The van der Waals surface area contributed by atoms with Gasteiger partial charge in [-0.1, -0.05) is 26.7 Å². The number of ether oxygens (including phenoxy) is 1. The van der Waals surface area contributed by atoms with Crippen molar-refractivity contribution in [1.29, 1.82) is 0 Å². The van der Waals surface area contributed by atoms with Crippen molar-refractivity contribution in [2.45, 2.75) is 70.6 Å². The zero-order valence-electron chi connectivity index (χ0n) is 14.2. The van der Waals surface area contributed by atoms with E-state index < -0.39 is 0 Å². The number of likely N-dealkylation sites (tertiary alicyclic amines) is 1. The lowest BCUT2D eigenvalue weighted by molar-refractivity contribution is -0.132. The maximum absolute atomic E-state index is 12.3. The summed E-state index contributed by atoms with van der Waals surface area (Å²) in [6.07, 6.45) is 6.37. The molecular weight excluding hydrogens is 278 g/mol. The average Bonchev–Trinajstić information content (AvgIpc) is 3.22. The van der Waals surface area contributed by atoms with Crippen LogP contribution in [0.25, 0.3) is 0 Å². The van der Waals surface area contributed by atoms with Gasteiger partial charge in [-0.05, 0) is 44.7 Å². The summed E-state index contributed by atoms with van der Waals surface area (Å²) in [6.45, 7) is 8.11. The van der Waals surface area contributed by atoms with Crippen LogP contribution >= 0.6 is 0 Å². The Balaban J connectivity index is 1.86. The number of carbonyl (C=O) groups excluding carboxylic acids is 1. The number of nitrogens with one attached hydrogen (secondary N) is 1. The summed E-state index contributed by atoms with van der Waals surface area (Å²) in [4.78, 5) is 14.9. The fraction of sp³-hybridized carbons (Fsp3) is 0.941. The minimum absolute atomic E-state index is 0.0473. The molecule has 0 bridgehead atoms. The number of rotatable bonds is 8. The van der Waals surface area contributed by atoms with E-state index in [1.165, 1.54) is 38.8 Å². The van der Waals surface area contributed by atoms with E-state index in [2.05, 4.69) is 24.1 Å². The van der Waals surface area contributed by atoms with Crippen LogP contribution in [0.1, 0.15) is 52.4 Å². The highest BCUT2D eigenvalue weighted by atomic mass is 16.5. The van der Waals surface area contributed by atoms with Gasteiger partial charge in [-0.2, -0.15) is 0 Å². The monoisotopic (exact) mass is 311 g/mol. The quantitative estimate of drug-likeness (QED) is 0.713. The van der Waals surface area contributed by atoms with E-state index in [0.29, 0.717) is 18.5 Å². The van der Waals surface area contributed by atoms with Crippen LogP contribution < -0.4 is 11.1 Å². The minimum Gasteiger partial charge on any atom is -0.364 e. The molecule has 3 N–H and O–H groups in total. The number of hydrogen-bond donors (Lipinski definition) is 2. The number of hydrogen-bond acceptors (Lipinski definition) is 4. The third kappa shape index (κ3) is 4.43. The maximum Gasteiger partial charge on any atom is 0.249 e. The maximum atomic E-state index is 12.3. The summed E-state index contributed by atoms with van der Waals surface area (Å²) >= 11 is 0. The highest BCUT2D eigenvalue weighted by Gasteiger charge is 2.32. The van der Waals surface area contributed by atoms with Crippen LogP contribution in [0.5, 0.6) is 0 Å². The third-order valence-corrected chi connectivity index (χ3v) is 5.35. The lowest BCUT2D eigenvalue weighted by Gasteiger charge is -2.34.